The van der Waals surface area contributed by atoms with E-state index in [4.69, 9.17) is 0 Å². The summed E-state index contributed by atoms with van der Waals surface area (Å²) < 4.78 is 0. The van der Waals surface area contributed by atoms with Gasteiger partial charge >= 0.3 is 5.97 Å². The third-order valence-electron chi connectivity index (χ3n) is 4.93. The zero-order chi connectivity index (χ0) is 15.3. The number of phenolic OH excluding ortho intramolecular Hbond substituents is 1. The number of amides is 1. The lowest BCUT2D eigenvalue weighted by atomic mass is 9.69. The molecule has 1 aliphatic carbocycles. The number of aromatic hydroxyl groups is 1. The highest BCUT2D eigenvalue weighted by Crippen LogP contribution is 2.49. The van der Waals surface area contributed by atoms with Crippen LogP contribution >= 0.6 is 0 Å². The second-order valence-corrected chi connectivity index (χ2v) is 6.30. The third-order valence-corrected chi connectivity index (χ3v) is 4.93. The van der Waals surface area contributed by atoms with Crippen molar-refractivity contribution in [2.75, 3.05) is 4.90 Å². The molecule has 2 bridgehead atoms. The topological polar surface area (TPSA) is 77.8 Å². The van der Waals surface area contributed by atoms with E-state index in [1.54, 1.807) is 17.0 Å². The van der Waals surface area contributed by atoms with Gasteiger partial charge in [-0.2, -0.15) is 0 Å². The maximum atomic E-state index is 12.7. The number of carboxylic acids is 1. The summed E-state index contributed by atoms with van der Waals surface area (Å²) in [5, 5.41) is 19.0. The summed E-state index contributed by atoms with van der Waals surface area (Å²) in [7, 11) is 0. The van der Waals surface area contributed by atoms with E-state index in [2.05, 4.69) is 0 Å². The predicted octanol–water partition coefficient (Wildman–Crippen LogP) is 2.10. The van der Waals surface area contributed by atoms with Crippen LogP contribution in [0.4, 0.5) is 5.69 Å². The number of rotatable bonds is 2. The molecule has 2 fully saturated rings. The molecule has 1 aliphatic heterocycles. The molecule has 3 rings (SSSR count). The minimum atomic E-state index is -0.891. The van der Waals surface area contributed by atoms with E-state index < -0.39 is 17.8 Å². The van der Waals surface area contributed by atoms with Crippen LogP contribution in [0.15, 0.2) is 24.3 Å². The second-order valence-electron chi connectivity index (χ2n) is 6.30. The van der Waals surface area contributed by atoms with Crippen molar-refractivity contribution in [3.8, 4) is 5.75 Å². The molecule has 1 heterocycles. The van der Waals surface area contributed by atoms with Crippen LogP contribution in [0.5, 0.6) is 5.75 Å². The number of phenols is 1. The maximum absolute atomic E-state index is 12.7. The first-order valence-electron chi connectivity index (χ1n) is 7.26. The molecule has 2 aliphatic rings. The minimum Gasteiger partial charge on any atom is -0.508 e. The van der Waals surface area contributed by atoms with Crippen LogP contribution in [0.3, 0.4) is 0 Å². The molecule has 1 saturated carbocycles. The molecule has 5 heteroatoms. The lowest BCUT2D eigenvalue weighted by Gasteiger charge is -2.36. The van der Waals surface area contributed by atoms with E-state index in [-0.39, 0.29) is 29.5 Å². The Balaban J connectivity index is 2.07. The van der Waals surface area contributed by atoms with Crippen LogP contribution < -0.4 is 4.90 Å². The molecule has 112 valence electrons. The fourth-order valence-corrected chi connectivity index (χ4v) is 4.12. The first kappa shape index (κ1) is 13.9. The van der Waals surface area contributed by atoms with Crippen molar-refractivity contribution in [2.24, 2.45) is 23.7 Å². The van der Waals surface area contributed by atoms with Gasteiger partial charge in [-0.3, -0.25) is 9.59 Å². The quantitative estimate of drug-likeness (QED) is 0.874. The number of carbonyl (C=O) groups excluding carboxylic acids is 1. The Labute approximate surface area is 123 Å². The van der Waals surface area contributed by atoms with Crippen molar-refractivity contribution in [1.82, 2.24) is 0 Å². The monoisotopic (exact) mass is 289 g/mol. The van der Waals surface area contributed by atoms with Crippen LogP contribution in [0, 0.1) is 23.7 Å². The van der Waals surface area contributed by atoms with Crippen LogP contribution in [0.2, 0.25) is 0 Å². The van der Waals surface area contributed by atoms with Gasteiger partial charge in [0.05, 0.1) is 17.9 Å². The summed E-state index contributed by atoms with van der Waals surface area (Å²) in [6, 6.07) is 6.08. The SMILES string of the molecule is CC1CC(C)C2C(C(=O)O)C1C(=O)N2c1ccc(O)cc1. The normalized spacial score (nSPS) is 35.0. The number of hydrogen-bond acceptors (Lipinski definition) is 3. The molecule has 0 aromatic heterocycles. The summed E-state index contributed by atoms with van der Waals surface area (Å²) in [6.45, 7) is 3.98. The number of fused-ring (bicyclic) bond motifs is 2. The van der Waals surface area contributed by atoms with Crippen LogP contribution in [-0.4, -0.2) is 28.1 Å². The lowest BCUT2D eigenvalue weighted by molar-refractivity contribution is -0.147. The molecule has 1 aromatic carbocycles. The molecule has 1 aromatic rings. The minimum absolute atomic E-state index is 0.0759. The fraction of sp³-hybridized carbons (Fsp3) is 0.500. The van der Waals surface area contributed by atoms with Gasteiger partial charge in [-0.25, -0.2) is 0 Å². The Morgan fingerprint density at radius 2 is 1.81 bits per heavy atom. The van der Waals surface area contributed by atoms with Crippen molar-refractivity contribution in [1.29, 1.82) is 0 Å². The van der Waals surface area contributed by atoms with Crippen molar-refractivity contribution in [3.05, 3.63) is 24.3 Å². The highest BCUT2D eigenvalue weighted by molar-refractivity contribution is 6.02. The lowest BCUT2D eigenvalue weighted by Crippen LogP contribution is -2.45. The Kier molecular flexibility index (Phi) is 3.15. The van der Waals surface area contributed by atoms with E-state index >= 15 is 0 Å². The summed E-state index contributed by atoms with van der Waals surface area (Å²) in [5.41, 5.74) is 0.664. The van der Waals surface area contributed by atoms with Gasteiger partial charge in [0.2, 0.25) is 5.91 Å². The molecule has 21 heavy (non-hydrogen) atoms. The largest absolute Gasteiger partial charge is 0.508 e. The van der Waals surface area contributed by atoms with Gasteiger partial charge in [0.1, 0.15) is 5.75 Å². The number of aliphatic carboxylic acids is 1. The second kappa shape index (κ2) is 4.76. The molecule has 1 amide bonds. The zero-order valence-corrected chi connectivity index (χ0v) is 12.1. The van der Waals surface area contributed by atoms with Crippen LogP contribution in [-0.2, 0) is 9.59 Å². The van der Waals surface area contributed by atoms with Gasteiger partial charge in [-0.1, -0.05) is 13.8 Å². The smallest absolute Gasteiger partial charge is 0.309 e. The van der Waals surface area contributed by atoms with E-state index in [1.165, 1.54) is 12.1 Å². The average Bonchev–Trinajstić information content (AvgIpc) is 2.68. The Bertz CT molecular complexity index is 582. The molecular weight excluding hydrogens is 270 g/mol. The van der Waals surface area contributed by atoms with Gasteiger partial charge < -0.3 is 15.1 Å². The summed E-state index contributed by atoms with van der Waals surface area (Å²) >= 11 is 0. The molecule has 5 unspecified atom stereocenters. The highest BCUT2D eigenvalue weighted by Gasteiger charge is 2.58. The summed E-state index contributed by atoms with van der Waals surface area (Å²) in [4.78, 5) is 26.0. The standard InChI is InChI=1S/C16H19NO4/c1-8-7-9(2)14-13(16(20)21)12(8)15(19)17(14)10-3-5-11(18)6-4-10/h3-6,8-9,12-14,18H,7H2,1-2H3,(H,20,21). The van der Waals surface area contributed by atoms with E-state index in [0.29, 0.717) is 5.69 Å². The predicted molar refractivity (Wildman–Crippen MR) is 76.9 cm³/mol. The maximum Gasteiger partial charge on any atom is 0.309 e. The highest BCUT2D eigenvalue weighted by atomic mass is 16.4. The average molecular weight is 289 g/mol. The van der Waals surface area contributed by atoms with Gasteiger partial charge in [0.25, 0.3) is 0 Å². The Hall–Kier alpha value is -2.04. The molecule has 1 saturated heterocycles. The first-order valence-corrected chi connectivity index (χ1v) is 7.26. The number of benzene rings is 1. The fourth-order valence-electron chi connectivity index (χ4n) is 4.12. The van der Waals surface area contributed by atoms with E-state index in [1.807, 2.05) is 13.8 Å². The van der Waals surface area contributed by atoms with Crippen molar-refractivity contribution in [2.45, 2.75) is 26.3 Å². The van der Waals surface area contributed by atoms with Gasteiger partial charge in [0.15, 0.2) is 0 Å². The zero-order valence-electron chi connectivity index (χ0n) is 12.1. The van der Waals surface area contributed by atoms with Crippen molar-refractivity contribution < 1.29 is 19.8 Å². The van der Waals surface area contributed by atoms with E-state index in [9.17, 15) is 19.8 Å². The summed E-state index contributed by atoms with van der Waals surface area (Å²) in [5.74, 6) is -1.75. The molecule has 0 radical (unpaired) electrons. The number of hydrogen-bond donors (Lipinski definition) is 2. The third kappa shape index (κ3) is 1.99. The number of nitrogens with zero attached hydrogens (tertiary/aromatic N) is 1. The number of carboxylic acid groups (broad SMARTS) is 1. The molecule has 0 spiro atoms. The Morgan fingerprint density at radius 1 is 1.19 bits per heavy atom. The molecular formula is C16H19NO4. The number of anilines is 1. The number of carbonyl (C=O) groups is 2. The molecule has 2 N–H and O–H groups in total. The first-order chi connectivity index (χ1) is 9.91. The molecule has 5 atom stereocenters. The van der Waals surface area contributed by atoms with Crippen LogP contribution in [0.1, 0.15) is 20.3 Å². The van der Waals surface area contributed by atoms with Gasteiger partial charge in [0, 0.05) is 5.69 Å². The van der Waals surface area contributed by atoms with E-state index in [0.717, 1.165) is 6.42 Å². The van der Waals surface area contributed by atoms with Crippen molar-refractivity contribution >= 4 is 17.6 Å². The molecule has 5 nitrogen and oxygen atoms in total. The van der Waals surface area contributed by atoms with Gasteiger partial charge in [-0.05, 0) is 42.5 Å². The summed E-state index contributed by atoms with van der Waals surface area (Å²) in [6.07, 6.45) is 0.861. The Morgan fingerprint density at radius 3 is 2.38 bits per heavy atom. The van der Waals surface area contributed by atoms with Crippen molar-refractivity contribution in [3.63, 3.8) is 0 Å². The van der Waals surface area contributed by atoms with Gasteiger partial charge in [-0.15, -0.1) is 0 Å². The van der Waals surface area contributed by atoms with Crippen LogP contribution in [0.25, 0.3) is 0 Å².